The fourth-order valence-corrected chi connectivity index (χ4v) is 1.62. The van der Waals surface area contributed by atoms with Crippen molar-refractivity contribution in [1.29, 1.82) is 0 Å². The van der Waals surface area contributed by atoms with Gasteiger partial charge in [-0.2, -0.15) is 0 Å². The zero-order valence-corrected chi connectivity index (χ0v) is 8.99. The van der Waals surface area contributed by atoms with Crippen LogP contribution in [0.3, 0.4) is 0 Å². The Hall–Kier alpha value is -0.610. The van der Waals surface area contributed by atoms with Gasteiger partial charge in [0.05, 0.1) is 6.10 Å². The van der Waals surface area contributed by atoms with Crippen LogP contribution in [-0.4, -0.2) is 40.6 Å². The number of hydrogen-bond donors (Lipinski definition) is 2. The van der Waals surface area contributed by atoms with Gasteiger partial charge < -0.3 is 15.7 Å². The Morgan fingerprint density at radius 1 is 1.50 bits per heavy atom. The zero-order chi connectivity index (χ0) is 10.8. The van der Waals surface area contributed by atoms with Gasteiger partial charge in [0.2, 0.25) is 5.91 Å². The van der Waals surface area contributed by atoms with Crippen LogP contribution in [0, 0.1) is 0 Å². The Bertz CT molecular complexity index is 203. The maximum atomic E-state index is 11.7. The van der Waals surface area contributed by atoms with Gasteiger partial charge in [-0.25, -0.2) is 0 Å². The highest BCUT2D eigenvalue weighted by Crippen LogP contribution is 2.13. The number of aliphatic hydroxyl groups is 1. The molecule has 4 nitrogen and oxygen atoms in total. The van der Waals surface area contributed by atoms with Gasteiger partial charge in [0.1, 0.15) is 0 Å². The molecule has 1 rings (SSSR count). The quantitative estimate of drug-likeness (QED) is 0.664. The lowest BCUT2D eigenvalue weighted by Crippen LogP contribution is -2.45. The fraction of sp³-hybridized carbons (Fsp3) is 0.900. The van der Waals surface area contributed by atoms with E-state index in [-0.39, 0.29) is 12.0 Å². The molecular weight excluding hydrogens is 180 g/mol. The number of carbonyl (C=O) groups excluding carboxylic acids is 1. The summed E-state index contributed by atoms with van der Waals surface area (Å²) >= 11 is 0. The Labute approximate surface area is 85.1 Å². The fourth-order valence-electron chi connectivity index (χ4n) is 1.62. The zero-order valence-electron chi connectivity index (χ0n) is 8.99. The molecule has 82 valence electrons. The summed E-state index contributed by atoms with van der Waals surface area (Å²) < 4.78 is 0. The van der Waals surface area contributed by atoms with E-state index < -0.39 is 5.54 Å². The molecule has 0 radical (unpaired) electrons. The lowest BCUT2D eigenvalue weighted by atomic mass is 10.00. The second-order valence-corrected chi connectivity index (χ2v) is 4.78. The molecule has 0 atom stereocenters. The first-order valence-corrected chi connectivity index (χ1v) is 5.13. The van der Waals surface area contributed by atoms with Crippen molar-refractivity contribution < 1.29 is 9.90 Å². The van der Waals surface area contributed by atoms with Crippen molar-refractivity contribution in [2.24, 2.45) is 5.73 Å². The molecular formula is C10H20N2O2. The van der Waals surface area contributed by atoms with Crippen molar-refractivity contribution in [3.63, 3.8) is 0 Å². The minimum atomic E-state index is -0.437. The molecule has 4 heteroatoms. The molecule has 0 unspecified atom stereocenters. The van der Waals surface area contributed by atoms with E-state index in [1.54, 1.807) is 4.90 Å². The molecule has 1 amide bonds. The number of piperidine rings is 1. The van der Waals surface area contributed by atoms with Crippen LogP contribution in [0.2, 0.25) is 0 Å². The van der Waals surface area contributed by atoms with Gasteiger partial charge in [-0.15, -0.1) is 0 Å². The Kier molecular flexibility index (Phi) is 3.50. The van der Waals surface area contributed by atoms with Crippen LogP contribution in [0.15, 0.2) is 0 Å². The number of likely N-dealkylation sites (tertiary alicyclic amines) is 1. The molecule has 1 heterocycles. The van der Waals surface area contributed by atoms with Crippen molar-refractivity contribution >= 4 is 5.91 Å². The molecule has 3 N–H and O–H groups in total. The first kappa shape index (κ1) is 11.5. The summed E-state index contributed by atoms with van der Waals surface area (Å²) in [5, 5.41) is 9.28. The van der Waals surface area contributed by atoms with Crippen LogP contribution in [0.1, 0.15) is 33.1 Å². The third-order valence-electron chi connectivity index (χ3n) is 2.42. The van der Waals surface area contributed by atoms with Crippen molar-refractivity contribution in [2.75, 3.05) is 13.1 Å². The minimum Gasteiger partial charge on any atom is -0.393 e. The third kappa shape index (κ3) is 3.64. The molecule has 0 aliphatic carbocycles. The van der Waals surface area contributed by atoms with E-state index in [2.05, 4.69) is 0 Å². The van der Waals surface area contributed by atoms with E-state index in [0.29, 0.717) is 32.4 Å². The van der Waals surface area contributed by atoms with E-state index in [1.807, 2.05) is 13.8 Å². The number of aliphatic hydroxyl groups excluding tert-OH is 1. The average molecular weight is 200 g/mol. The van der Waals surface area contributed by atoms with Crippen molar-refractivity contribution in [3.8, 4) is 0 Å². The maximum Gasteiger partial charge on any atom is 0.224 e. The molecule has 0 spiro atoms. The molecule has 1 saturated heterocycles. The number of amides is 1. The standard InChI is InChI=1S/C10H20N2O2/c1-10(2,11)7-9(14)12-5-3-8(13)4-6-12/h8,13H,3-7,11H2,1-2H3. The lowest BCUT2D eigenvalue weighted by molar-refractivity contribution is -0.134. The minimum absolute atomic E-state index is 0.101. The number of nitrogens with two attached hydrogens (primary N) is 1. The van der Waals surface area contributed by atoms with Gasteiger partial charge in [0, 0.05) is 25.0 Å². The Morgan fingerprint density at radius 2 is 2.00 bits per heavy atom. The lowest BCUT2D eigenvalue weighted by Gasteiger charge is -2.31. The smallest absolute Gasteiger partial charge is 0.224 e. The molecule has 0 saturated carbocycles. The summed E-state index contributed by atoms with van der Waals surface area (Å²) in [6.45, 7) is 5.03. The van der Waals surface area contributed by atoms with Crippen LogP contribution >= 0.6 is 0 Å². The van der Waals surface area contributed by atoms with Gasteiger partial charge in [0.25, 0.3) is 0 Å². The van der Waals surface area contributed by atoms with Gasteiger partial charge in [-0.1, -0.05) is 0 Å². The van der Waals surface area contributed by atoms with Crippen LogP contribution in [0.25, 0.3) is 0 Å². The molecule has 0 bridgehead atoms. The molecule has 1 aliphatic heterocycles. The molecule has 1 aliphatic rings. The summed E-state index contributed by atoms with van der Waals surface area (Å²) in [7, 11) is 0. The van der Waals surface area contributed by atoms with Crippen molar-refractivity contribution in [1.82, 2.24) is 4.90 Å². The molecule has 0 aromatic rings. The monoisotopic (exact) mass is 200 g/mol. The summed E-state index contributed by atoms with van der Waals surface area (Å²) in [6, 6.07) is 0. The highest BCUT2D eigenvalue weighted by Gasteiger charge is 2.24. The number of nitrogens with zero attached hydrogens (tertiary/aromatic N) is 1. The maximum absolute atomic E-state index is 11.7. The number of hydrogen-bond acceptors (Lipinski definition) is 3. The number of carbonyl (C=O) groups is 1. The molecule has 0 aromatic carbocycles. The van der Waals surface area contributed by atoms with Gasteiger partial charge in [-0.3, -0.25) is 4.79 Å². The summed E-state index contributed by atoms with van der Waals surface area (Å²) in [6.07, 6.45) is 1.53. The van der Waals surface area contributed by atoms with Crippen molar-refractivity contribution in [2.45, 2.75) is 44.8 Å². The first-order chi connectivity index (χ1) is 6.38. The highest BCUT2D eigenvalue weighted by molar-refractivity contribution is 5.77. The van der Waals surface area contributed by atoms with Crippen LogP contribution in [0.4, 0.5) is 0 Å². The second-order valence-electron chi connectivity index (χ2n) is 4.78. The van der Waals surface area contributed by atoms with E-state index in [1.165, 1.54) is 0 Å². The summed E-state index contributed by atoms with van der Waals surface area (Å²) in [5.41, 5.74) is 5.34. The normalized spacial score (nSPS) is 19.9. The summed E-state index contributed by atoms with van der Waals surface area (Å²) in [4.78, 5) is 13.5. The van der Waals surface area contributed by atoms with E-state index in [0.717, 1.165) is 0 Å². The Morgan fingerprint density at radius 3 is 2.43 bits per heavy atom. The first-order valence-electron chi connectivity index (χ1n) is 5.13. The highest BCUT2D eigenvalue weighted by atomic mass is 16.3. The van der Waals surface area contributed by atoms with Crippen LogP contribution in [-0.2, 0) is 4.79 Å². The van der Waals surface area contributed by atoms with E-state index in [9.17, 15) is 9.90 Å². The SMILES string of the molecule is CC(C)(N)CC(=O)N1CCC(O)CC1. The second kappa shape index (κ2) is 4.28. The van der Waals surface area contributed by atoms with Gasteiger partial charge in [0.15, 0.2) is 0 Å². The largest absolute Gasteiger partial charge is 0.393 e. The van der Waals surface area contributed by atoms with Gasteiger partial charge in [-0.05, 0) is 26.7 Å². The predicted octanol–water partition coefficient (Wildman–Crippen LogP) is 0.0971. The van der Waals surface area contributed by atoms with Crippen LogP contribution in [0.5, 0.6) is 0 Å². The average Bonchev–Trinajstić information content (AvgIpc) is 2.02. The predicted molar refractivity (Wildman–Crippen MR) is 54.7 cm³/mol. The van der Waals surface area contributed by atoms with E-state index >= 15 is 0 Å². The van der Waals surface area contributed by atoms with Gasteiger partial charge >= 0.3 is 0 Å². The molecule has 14 heavy (non-hydrogen) atoms. The summed E-state index contributed by atoms with van der Waals surface area (Å²) in [5.74, 6) is 0.101. The van der Waals surface area contributed by atoms with Crippen LogP contribution < -0.4 is 5.73 Å². The Balaban J connectivity index is 2.38. The number of rotatable bonds is 2. The topological polar surface area (TPSA) is 66.6 Å². The van der Waals surface area contributed by atoms with E-state index in [4.69, 9.17) is 5.73 Å². The molecule has 0 aromatic heterocycles. The molecule has 1 fully saturated rings. The van der Waals surface area contributed by atoms with Crippen molar-refractivity contribution in [3.05, 3.63) is 0 Å². The third-order valence-corrected chi connectivity index (χ3v) is 2.42.